The average molecular weight is 395 g/mol. The molecule has 0 atom stereocenters. The van der Waals surface area contributed by atoms with Crippen molar-refractivity contribution >= 4 is 41.1 Å². The van der Waals surface area contributed by atoms with Crippen LogP contribution in [0.4, 0.5) is 5.82 Å². The average Bonchev–Trinajstić information content (AvgIpc) is 2.62. The lowest BCUT2D eigenvalue weighted by Crippen LogP contribution is -2.27. The number of benzene rings is 1. The Morgan fingerprint density at radius 3 is 2.69 bits per heavy atom. The summed E-state index contributed by atoms with van der Waals surface area (Å²) >= 11 is 6.97. The number of nitrogens with two attached hydrogens (primary N) is 1. The lowest BCUT2D eigenvalue weighted by molar-refractivity contribution is -0.118. The fourth-order valence-electron chi connectivity index (χ4n) is 1.99. The van der Waals surface area contributed by atoms with Crippen LogP contribution >= 0.6 is 23.4 Å². The number of carbonyl (C=O) groups excluding carboxylic acids is 2. The van der Waals surface area contributed by atoms with Gasteiger partial charge in [0.15, 0.2) is 5.16 Å². The second kappa shape index (κ2) is 9.98. The Hall–Kier alpha value is -2.32. The van der Waals surface area contributed by atoms with Gasteiger partial charge >= 0.3 is 5.97 Å². The van der Waals surface area contributed by atoms with Crippen molar-refractivity contribution in [3.8, 4) is 0 Å². The molecule has 0 aliphatic heterocycles. The first-order chi connectivity index (χ1) is 12.5. The molecule has 26 heavy (non-hydrogen) atoms. The van der Waals surface area contributed by atoms with E-state index in [1.807, 2.05) is 24.3 Å². The van der Waals surface area contributed by atoms with E-state index < -0.39 is 5.97 Å². The Kier molecular flexibility index (Phi) is 7.68. The molecule has 0 saturated heterocycles. The normalized spacial score (nSPS) is 10.4. The summed E-state index contributed by atoms with van der Waals surface area (Å²) in [7, 11) is 0. The molecule has 1 heterocycles. The van der Waals surface area contributed by atoms with E-state index in [0.29, 0.717) is 23.1 Å². The molecular weight excluding hydrogens is 376 g/mol. The van der Waals surface area contributed by atoms with E-state index in [2.05, 4.69) is 15.3 Å². The van der Waals surface area contributed by atoms with Crippen LogP contribution in [-0.2, 0) is 16.0 Å². The smallest absolute Gasteiger partial charge is 0.343 e. The van der Waals surface area contributed by atoms with Gasteiger partial charge in [-0.2, -0.15) is 0 Å². The highest BCUT2D eigenvalue weighted by Gasteiger charge is 2.14. The third-order valence-corrected chi connectivity index (χ3v) is 4.39. The number of nitrogens with one attached hydrogen (secondary N) is 1. The van der Waals surface area contributed by atoms with Crippen molar-refractivity contribution in [3.05, 3.63) is 46.6 Å². The predicted molar refractivity (Wildman–Crippen MR) is 101 cm³/mol. The van der Waals surface area contributed by atoms with Crippen LogP contribution in [0.25, 0.3) is 0 Å². The van der Waals surface area contributed by atoms with E-state index in [9.17, 15) is 9.59 Å². The maximum absolute atomic E-state index is 11.9. The number of aromatic nitrogens is 2. The van der Waals surface area contributed by atoms with E-state index in [4.69, 9.17) is 22.1 Å². The predicted octanol–water partition coefficient (Wildman–Crippen LogP) is 2.34. The van der Waals surface area contributed by atoms with Crippen LogP contribution in [0.15, 0.2) is 35.6 Å². The molecule has 1 amide bonds. The molecule has 9 heteroatoms. The lowest BCUT2D eigenvalue weighted by atomic mass is 10.1. The molecule has 0 fully saturated rings. The molecular formula is C17H19ClN4O3S. The number of hydrogen-bond acceptors (Lipinski definition) is 7. The van der Waals surface area contributed by atoms with E-state index in [-0.39, 0.29) is 29.6 Å². The molecule has 0 aliphatic carbocycles. The first kappa shape index (κ1) is 20.0. The number of esters is 1. The fourth-order valence-corrected chi connectivity index (χ4v) is 2.77. The Bertz CT molecular complexity index is 771. The molecule has 1 aromatic carbocycles. The number of thioether (sulfide) groups is 1. The van der Waals surface area contributed by atoms with Gasteiger partial charge < -0.3 is 15.8 Å². The number of hydrogen-bond donors (Lipinski definition) is 2. The Labute approximate surface area is 160 Å². The maximum Gasteiger partial charge on any atom is 0.343 e. The highest BCUT2D eigenvalue weighted by Crippen LogP contribution is 2.17. The van der Waals surface area contributed by atoms with Crippen LogP contribution in [0.1, 0.15) is 22.8 Å². The number of nitrogen functional groups attached to an aromatic ring is 1. The van der Waals surface area contributed by atoms with Gasteiger partial charge in [-0.1, -0.05) is 35.5 Å². The summed E-state index contributed by atoms with van der Waals surface area (Å²) in [6.07, 6.45) is 2.02. The monoisotopic (exact) mass is 394 g/mol. The van der Waals surface area contributed by atoms with Crippen LogP contribution in [0, 0.1) is 0 Å². The zero-order valence-electron chi connectivity index (χ0n) is 14.2. The molecule has 0 radical (unpaired) electrons. The highest BCUT2D eigenvalue weighted by atomic mass is 35.5. The van der Waals surface area contributed by atoms with Crippen LogP contribution in [0.3, 0.4) is 0 Å². The van der Waals surface area contributed by atoms with E-state index in [0.717, 1.165) is 17.3 Å². The molecule has 3 N–H and O–H groups in total. The molecule has 2 aromatic rings. The zero-order chi connectivity index (χ0) is 18.9. The second-order valence-corrected chi connectivity index (χ2v) is 6.57. The Morgan fingerprint density at radius 1 is 1.31 bits per heavy atom. The number of rotatable bonds is 8. The summed E-state index contributed by atoms with van der Waals surface area (Å²) in [6.45, 7) is 2.46. The Morgan fingerprint density at radius 2 is 2.04 bits per heavy atom. The van der Waals surface area contributed by atoms with Gasteiger partial charge in [-0.3, -0.25) is 4.79 Å². The third-order valence-electron chi connectivity index (χ3n) is 3.27. The summed E-state index contributed by atoms with van der Waals surface area (Å²) < 4.78 is 4.86. The second-order valence-electron chi connectivity index (χ2n) is 5.19. The quantitative estimate of drug-likeness (QED) is 0.402. The third kappa shape index (κ3) is 6.20. The van der Waals surface area contributed by atoms with Crippen LogP contribution < -0.4 is 11.1 Å². The molecule has 0 saturated carbocycles. The minimum absolute atomic E-state index is 0.0316. The number of ether oxygens (including phenoxy) is 1. The SMILES string of the molecule is CCOC(=O)c1cnc(SCC(=O)NCCc2ccc(Cl)cc2)nc1N. The number of amides is 1. The lowest BCUT2D eigenvalue weighted by Gasteiger charge is -2.07. The summed E-state index contributed by atoms with van der Waals surface area (Å²) in [5, 5.41) is 3.83. The highest BCUT2D eigenvalue weighted by molar-refractivity contribution is 7.99. The maximum atomic E-state index is 11.9. The van der Waals surface area contributed by atoms with Crippen molar-refractivity contribution in [3.63, 3.8) is 0 Å². The number of carbonyl (C=O) groups is 2. The van der Waals surface area contributed by atoms with Gasteiger partial charge in [0.1, 0.15) is 11.4 Å². The van der Waals surface area contributed by atoms with E-state index in [1.165, 1.54) is 6.20 Å². The van der Waals surface area contributed by atoms with Gasteiger partial charge in [0.25, 0.3) is 0 Å². The van der Waals surface area contributed by atoms with Gasteiger partial charge in [-0.15, -0.1) is 0 Å². The molecule has 7 nitrogen and oxygen atoms in total. The van der Waals surface area contributed by atoms with Gasteiger partial charge in [0.05, 0.1) is 12.4 Å². The first-order valence-electron chi connectivity index (χ1n) is 7.93. The molecule has 138 valence electrons. The minimum atomic E-state index is -0.568. The van der Waals surface area contributed by atoms with Crippen LogP contribution in [0.2, 0.25) is 5.02 Å². The fraction of sp³-hybridized carbons (Fsp3) is 0.294. The topological polar surface area (TPSA) is 107 Å². The van der Waals surface area contributed by atoms with Gasteiger partial charge in [0, 0.05) is 17.8 Å². The molecule has 0 unspecified atom stereocenters. The molecule has 1 aromatic heterocycles. The number of nitrogens with zero attached hydrogens (tertiary/aromatic N) is 2. The zero-order valence-corrected chi connectivity index (χ0v) is 15.8. The summed E-state index contributed by atoms with van der Waals surface area (Å²) in [5.74, 6) is -0.523. The summed E-state index contributed by atoms with van der Waals surface area (Å²) in [6, 6.07) is 7.47. The number of halogens is 1. The molecule has 0 aliphatic rings. The van der Waals surface area contributed by atoms with Crippen molar-refractivity contribution in [2.75, 3.05) is 24.6 Å². The molecule has 2 rings (SSSR count). The summed E-state index contributed by atoms with van der Waals surface area (Å²) in [4.78, 5) is 31.6. The molecule has 0 bridgehead atoms. The van der Waals surface area contributed by atoms with Gasteiger partial charge in [0.2, 0.25) is 5.91 Å². The van der Waals surface area contributed by atoms with Crippen molar-refractivity contribution < 1.29 is 14.3 Å². The summed E-state index contributed by atoms with van der Waals surface area (Å²) in [5.41, 5.74) is 6.94. The molecule has 0 spiro atoms. The minimum Gasteiger partial charge on any atom is -0.462 e. The first-order valence-corrected chi connectivity index (χ1v) is 9.29. The largest absolute Gasteiger partial charge is 0.462 e. The van der Waals surface area contributed by atoms with Crippen LogP contribution in [-0.4, -0.2) is 40.7 Å². The van der Waals surface area contributed by atoms with Gasteiger partial charge in [-0.25, -0.2) is 14.8 Å². The standard InChI is InChI=1S/C17H19ClN4O3S/c1-2-25-16(24)13-9-21-17(22-15(13)19)26-10-14(23)20-8-7-11-3-5-12(18)6-4-11/h3-6,9H,2,7-8,10H2,1H3,(H,20,23)(H2,19,21,22). The van der Waals surface area contributed by atoms with Crippen molar-refractivity contribution in [1.29, 1.82) is 0 Å². The Balaban J connectivity index is 1.77. The van der Waals surface area contributed by atoms with Crippen molar-refractivity contribution in [2.24, 2.45) is 0 Å². The van der Waals surface area contributed by atoms with Gasteiger partial charge in [-0.05, 0) is 31.0 Å². The van der Waals surface area contributed by atoms with E-state index >= 15 is 0 Å². The van der Waals surface area contributed by atoms with Crippen molar-refractivity contribution in [1.82, 2.24) is 15.3 Å². The number of anilines is 1. The van der Waals surface area contributed by atoms with E-state index in [1.54, 1.807) is 6.92 Å². The van der Waals surface area contributed by atoms with Crippen LogP contribution in [0.5, 0.6) is 0 Å². The van der Waals surface area contributed by atoms with Crippen molar-refractivity contribution in [2.45, 2.75) is 18.5 Å².